The maximum atomic E-state index is 5.98. The van der Waals surface area contributed by atoms with Gasteiger partial charge in [-0.3, -0.25) is 0 Å². The predicted octanol–water partition coefficient (Wildman–Crippen LogP) is 3.55. The van der Waals surface area contributed by atoms with Gasteiger partial charge in [-0.1, -0.05) is 11.6 Å². The summed E-state index contributed by atoms with van der Waals surface area (Å²) in [6.45, 7) is 2.08. The fourth-order valence-electron chi connectivity index (χ4n) is 1.88. The Morgan fingerprint density at radius 1 is 1.45 bits per heavy atom. The molecular formula is C13H12ClN5S. The lowest BCUT2D eigenvalue weighted by atomic mass is 10.2. The number of hydrogen-bond donors (Lipinski definition) is 1. The van der Waals surface area contributed by atoms with Gasteiger partial charge in [-0.25, -0.2) is 14.6 Å². The molecule has 1 N–H and O–H groups in total. The first kappa shape index (κ1) is 13.1. The molecule has 1 atom stereocenters. The highest BCUT2D eigenvalue weighted by Crippen LogP contribution is 2.28. The Bertz CT molecular complexity index is 694. The highest BCUT2D eigenvalue weighted by molar-refractivity contribution is 7.14. The largest absolute Gasteiger partial charge is 0.375 e. The van der Waals surface area contributed by atoms with Crippen molar-refractivity contribution in [3.8, 4) is 5.82 Å². The minimum absolute atomic E-state index is 0.130. The summed E-state index contributed by atoms with van der Waals surface area (Å²) in [5.41, 5.74) is 2.04. The van der Waals surface area contributed by atoms with E-state index in [-0.39, 0.29) is 6.04 Å². The first-order valence-electron chi connectivity index (χ1n) is 6.04. The molecule has 0 fully saturated rings. The molecule has 102 valence electrons. The maximum absolute atomic E-state index is 5.98. The number of aromatic nitrogens is 4. The molecule has 1 unspecified atom stereocenters. The molecule has 7 heteroatoms. The van der Waals surface area contributed by atoms with Crippen LogP contribution in [0, 0.1) is 0 Å². The van der Waals surface area contributed by atoms with Crippen molar-refractivity contribution < 1.29 is 0 Å². The molecule has 0 aliphatic carbocycles. The van der Waals surface area contributed by atoms with Crippen molar-refractivity contribution in [2.45, 2.75) is 13.0 Å². The minimum Gasteiger partial charge on any atom is -0.375 e. The van der Waals surface area contributed by atoms with E-state index in [2.05, 4.69) is 27.3 Å². The predicted molar refractivity (Wildman–Crippen MR) is 80.5 cm³/mol. The van der Waals surface area contributed by atoms with Crippen LogP contribution in [0.25, 0.3) is 5.82 Å². The zero-order valence-corrected chi connectivity index (χ0v) is 12.3. The van der Waals surface area contributed by atoms with Gasteiger partial charge in [-0.2, -0.15) is 5.10 Å². The molecule has 3 aromatic rings. The fraction of sp³-hybridized carbons (Fsp3) is 0.154. The van der Waals surface area contributed by atoms with E-state index in [9.17, 15) is 0 Å². The summed E-state index contributed by atoms with van der Waals surface area (Å²) in [5.74, 6) is 0.721. The quantitative estimate of drug-likeness (QED) is 0.801. The SMILES string of the molecule is CC(Nc1cccnc1-n1cncn1)c1csc(Cl)c1. The van der Waals surface area contributed by atoms with Gasteiger partial charge < -0.3 is 5.32 Å². The number of nitrogens with one attached hydrogen (secondary N) is 1. The Labute approximate surface area is 125 Å². The highest BCUT2D eigenvalue weighted by Gasteiger charge is 2.12. The Morgan fingerprint density at radius 2 is 2.35 bits per heavy atom. The molecule has 0 aromatic carbocycles. The third-order valence-electron chi connectivity index (χ3n) is 2.88. The van der Waals surface area contributed by atoms with Crippen molar-refractivity contribution in [3.05, 3.63) is 52.3 Å². The van der Waals surface area contributed by atoms with E-state index < -0.39 is 0 Å². The molecule has 0 saturated heterocycles. The van der Waals surface area contributed by atoms with Crippen LogP contribution >= 0.6 is 22.9 Å². The van der Waals surface area contributed by atoms with E-state index in [1.165, 1.54) is 17.7 Å². The van der Waals surface area contributed by atoms with Crippen molar-refractivity contribution in [3.63, 3.8) is 0 Å². The summed E-state index contributed by atoms with van der Waals surface area (Å²) in [4.78, 5) is 8.30. The molecule has 3 heterocycles. The Morgan fingerprint density at radius 3 is 3.05 bits per heavy atom. The van der Waals surface area contributed by atoms with Gasteiger partial charge in [-0.15, -0.1) is 11.3 Å². The van der Waals surface area contributed by atoms with E-state index in [1.54, 1.807) is 17.2 Å². The Kier molecular flexibility index (Phi) is 3.66. The molecule has 0 aliphatic heterocycles. The van der Waals surface area contributed by atoms with Gasteiger partial charge in [0.25, 0.3) is 0 Å². The van der Waals surface area contributed by atoms with Gasteiger partial charge in [0.15, 0.2) is 5.82 Å². The highest BCUT2D eigenvalue weighted by atomic mass is 35.5. The van der Waals surface area contributed by atoms with Crippen LogP contribution in [0.3, 0.4) is 0 Å². The molecule has 0 amide bonds. The average Bonchev–Trinajstić information content (AvgIpc) is 3.10. The third-order valence-corrected chi connectivity index (χ3v) is 3.99. The minimum atomic E-state index is 0.130. The Hall–Kier alpha value is -1.92. The molecule has 0 radical (unpaired) electrons. The molecule has 3 aromatic heterocycles. The van der Waals surface area contributed by atoms with Crippen LogP contribution < -0.4 is 5.32 Å². The van der Waals surface area contributed by atoms with Crippen molar-refractivity contribution in [1.82, 2.24) is 19.7 Å². The third kappa shape index (κ3) is 2.66. The lowest BCUT2D eigenvalue weighted by Crippen LogP contribution is -2.10. The van der Waals surface area contributed by atoms with Gasteiger partial charge in [-0.05, 0) is 36.1 Å². The lowest BCUT2D eigenvalue weighted by Gasteiger charge is -2.16. The van der Waals surface area contributed by atoms with Crippen molar-refractivity contribution in [1.29, 1.82) is 0 Å². The van der Waals surface area contributed by atoms with Crippen molar-refractivity contribution in [2.24, 2.45) is 0 Å². The molecule has 0 bridgehead atoms. The number of thiophene rings is 1. The second kappa shape index (κ2) is 5.60. The molecule has 0 aliphatic rings. The van der Waals surface area contributed by atoms with Crippen LogP contribution in [0.2, 0.25) is 4.34 Å². The van der Waals surface area contributed by atoms with Crippen LogP contribution in [0.15, 0.2) is 42.4 Å². The van der Waals surface area contributed by atoms with Crippen LogP contribution in [-0.2, 0) is 0 Å². The van der Waals surface area contributed by atoms with Crippen molar-refractivity contribution in [2.75, 3.05) is 5.32 Å². The van der Waals surface area contributed by atoms with Crippen LogP contribution in [-0.4, -0.2) is 19.7 Å². The van der Waals surface area contributed by atoms with Crippen molar-refractivity contribution >= 4 is 28.6 Å². The van der Waals surface area contributed by atoms with Crippen LogP contribution in [0.1, 0.15) is 18.5 Å². The van der Waals surface area contributed by atoms with Gasteiger partial charge in [0.1, 0.15) is 12.7 Å². The zero-order chi connectivity index (χ0) is 13.9. The summed E-state index contributed by atoms with van der Waals surface area (Å²) in [5, 5.41) is 9.59. The number of hydrogen-bond acceptors (Lipinski definition) is 5. The number of anilines is 1. The van der Waals surface area contributed by atoms with Gasteiger partial charge in [0.2, 0.25) is 0 Å². The van der Waals surface area contributed by atoms with Gasteiger partial charge in [0.05, 0.1) is 10.0 Å². The summed E-state index contributed by atoms with van der Waals surface area (Å²) >= 11 is 7.50. The molecule has 0 spiro atoms. The first-order valence-corrected chi connectivity index (χ1v) is 7.30. The maximum Gasteiger partial charge on any atom is 0.178 e. The van der Waals surface area contributed by atoms with E-state index in [1.807, 2.05) is 23.6 Å². The summed E-state index contributed by atoms with van der Waals surface area (Å²) in [7, 11) is 0. The molecular weight excluding hydrogens is 294 g/mol. The molecule has 0 saturated carbocycles. The van der Waals surface area contributed by atoms with Gasteiger partial charge in [0, 0.05) is 12.2 Å². The van der Waals surface area contributed by atoms with Crippen LogP contribution in [0.4, 0.5) is 5.69 Å². The summed E-state index contributed by atoms with van der Waals surface area (Å²) < 4.78 is 2.42. The molecule has 20 heavy (non-hydrogen) atoms. The number of pyridine rings is 1. The Balaban J connectivity index is 1.88. The summed E-state index contributed by atoms with van der Waals surface area (Å²) in [6, 6.07) is 5.95. The van der Waals surface area contributed by atoms with E-state index in [4.69, 9.17) is 11.6 Å². The van der Waals surface area contributed by atoms with E-state index in [0.29, 0.717) is 0 Å². The number of halogens is 1. The number of nitrogens with zero attached hydrogens (tertiary/aromatic N) is 4. The van der Waals surface area contributed by atoms with E-state index >= 15 is 0 Å². The average molecular weight is 306 g/mol. The molecule has 3 rings (SSSR count). The summed E-state index contributed by atoms with van der Waals surface area (Å²) in [6.07, 6.45) is 4.84. The normalized spacial score (nSPS) is 12.3. The molecule has 5 nitrogen and oxygen atoms in total. The smallest absolute Gasteiger partial charge is 0.178 e. The topological polar surface area (TPSA) is 55.6 Å². The number of rotatable bonds is 4. The van der Waals surface area contributed by atoms with Crippen LogP contribution in [0.5, 0.6) is 0 Å². The van der Waals surface area contributed by atoms with E-state index in [0.717, 1.165) is 21.4 Å². The van der Waals surface area contributed by atoms with Gasteiger partial charge >= 0.3 is 0 Å². The standard InChI is InChI=1S/C13H12ClN5S/c1-9(10-5-12(14)20-6-10)18-11-3-2-4-16-13(11)19-8-15-7-17-19/h2-9,18H,1H3. The fourth-order valence-corrected chi connectivity index (χ4v) is 2.86. The monoisotopic (exact) mass is 305 g/mol. The second-order valence-corrected chi connectivity index (χ2v) is 5.81. The zero-order valence-electron chi connectivity index (χ0n) is 10.7. The first-order chi connectivity index (χ1) is 9.74. The second-order valence-electron chi connectivity index (χ2n) is 4.26. The lowest BCUT2D eigenvalue weighted by molar-refractivity contribution is 0.829.